The molecule has 2 fully saturated rings. The molecule has 25 heavy (non-hydrogen) atoms. The van der Waals surface area contributed by atoms with E-state index in [9.17, 15) is 9.59 Å². The molecule has 2 saturated heterocycles. The number of hydrogen-bond acceptors (Lipinski definition) is 4. The fourth-order valence-electron chi connectivity index (χ4n) is 3.14. The van der Waals surface area contributed by atoms with Crippen LogP contribution in [0.5, 0.6) is 0 Å². The van der Waals surface area contributed by atoms with Crippen LogP contribution in [-0.4, -0.2) is 67.2 Å². The molecule has 3 rings (SSSR count). The fourth-order valence-corrected chi connectivity index (χ4v) is 3.14. The maximum Gasteiger partial charge on any atom is 0.325 e. The summed E-state index contributed by atoms with van der Waals surface area (Å²) in [6.45, 7) is 3.51. The predicted molar refractivity (Wildman–Crippen MR) is 92.9 cm³/mol. The van der Waals surface area contributed by atoms with E-state index < -0.39 is 18.2 Å². The van der Waals surface area contributed by atoms with Crippen molar-refractivity contribution in [1.29, 1.82) is 0 Å². The Labute approximate surface area is 146 Å². The van der Waals surface area contributed by atoms with Crippen molar-refractivity contribution in [2.75, 3.05) is 27.3 Å². The number of nitrogens with zero attached hydrogens (tertiary/aromatic N) is 3. The molecule has 8 nitrogen and oxygen atoms in total. The van der Waals surface area contributed by atoms with Gasteiger partial charge in [0.25, 0.3) is 5.91 Å². The summed E-state index contributed by atoms with van der Waals surface area (Å²) in [5.74, 6) is 0.287. The molecule has 0 aliphatic carbocycles. The van der Waals surface area contributed by atoms with E-state index in [1.165, 1.54) is 4.90 Å². The van der Waals surface area contributed by atoms with Crippen LogP contribution in [0.4, 0.5) is 4.79 Å². The number of hydrogen-bond donors (Lipinski definition) is 2. The van der Waals surface area contributed by atoms with E-state index in [0.29, 0.717) is 25.7 Å². The number of carbonyl (C=O) groups excluding carboxylic acids is 2. The lowest BCUT2D eigenvalue weighted by Gasteiger charge is -2.35. The third kappa shape index (κ3) is 3.43. The van der Waals surface area contributed by atoms with Gasteiger partial charge in [-0.1, -0.05) is 29.8 Å². The van der Waals surface area contributed by atoms with Crippen LogP contribution < -0.4 is 10.6 Å². The summed E-state index contributed by atoms with van der Waals surface area (Å²) in [6.07, 6.45) is -0.438. The highest BCUT2D eigenvalue weighted by Crippen LogP contribution is 2.23. The first-order valence-electron chi connectivity index (χ1n) is 8.21. The Bertz CT molecular complexity index is 705. The highest BCUT2D eigenvalue weighted by molar-refractivity contribution is 6.04. The zero-order valence-electron chi connectivity index (χ0n) is 14.7. The molecule has 2 unspecified atom stereocenters. The van der Waals surface area contributed by atoms with Crippen molar-refractivity contribution >= 4 is 17.9 Å². The van der Waals surface area contributed by atoms with E-state index in [1.54, 1.807) is 14.2 Å². The number of urea groups is 1. The standard InChI is InChI=1S/C17H23N5O3/c1-11-5-4-6-12(9-11)10-22-13-14(19-16(22)18-7-8-25-3)21(2)17(24)20-15(13)23/h4-6,9,13-14H,7-8,10H2,1-3H3,(H,18,19)(H,20,23,24). The Kier molecular flexibility index (Phi) is 4.89. The summed E-state index contributed by atoms with van der Waals surface area (Å²) >= 11 is 0. The van der Waals surface area contributed by atoms with E-state index in [1.807, 2.05) is 30.0 Å². The van der Waals surface area contributed by atoms with Gasteiger partial charge in [-0.05, 0) is 12.5 Å². The summed E-state index contributed by atoms with van der Waals surface area (Å²) < 4.78 is 5.05. The van der Waals surface area contributed by atoms with Gasteiger partial charge in [0, 0.05) is 20.7 Å². The number of methoxy groups -OCH3 is 1. The van der Waals surface area contributed by atoms with Crippen molar-refractivity contribution < 1.29 is 14.3 Å². The van der Waals surface area contributed by atoms with Crippen molar-refractivity contribution in [2.24, 2.45) is 4.99 Å². The van der Waals surface area contributed by atoms with E-state index in [0.717, 1.165) is 11.1 Å². The predicted octanol–water partition coefficient (Wildman–Crippen LogP) is 0.279. The molecule has 0 radical (unpaired) electrons. The summed E-state index contributed by atoms with van der Waals surface area (Å²) in [7, 11) is 3.28. The summed E-state index contributed by atoms with van der Waals surface area (Å²) in [5.41, 5.74) is 2.23. The number of likely N-dealkylation sites (N-methyl/N-ethyl adjacent to an activating group) is 1. The van der Waals surface area contributed by atoms with Crippen LogP contribution in [0.15, 0.2) is 29.3 Å². The maximum absolute atomic E-state index is 12.5. The highest BCUT2D eigenvalue weighted by Gasteiger charge is 2.49. The number of rotatable bonds is 5. The van der Waals surface area contributed by atoms with Crippen LogP contribution in [0, 0.1) is 6.92 Å². The van der Waals surface area contributed by atoms with Crippen molar-refractivity contribution in [3.05, 3.63) is 35.4 Å². The van der Waals surface area contributed by atoms with E-state index in [-0.39, 0.29) is 5.91 Å². The lowest BCUT2D eigenvalue weighted by atomic mass is 10.1. The van der Waals surface area contributed by atoms with Gasteiger partial charge in [0.2, 0.25) is 0 Å². The zero-order chi connectivity index (χ0) is 18.0. The number of nitrogens with one attached hydrogen (secondary N) is 2. The Morgan fingerprint density at radius 3 is 2.84 bits per heavy atom. The van der Waals surface area contributed by atoms with Gasteiger partial charge >= 0.3 is 6.03 Å². The summed E-state index contributed by atoms with van der Waals surface area (Å²) in [5, 5.41) is 5.61. The second-order valence-electron chi connectivity index (χ2n) is 6.25. The average Bonchev–Trinajstić information content (AvgIpc) is 2.92. The third-order valence-corrected chi connectivity index (χ3v) is 4.41. The van der Waals surface area contributed by atoms with Gasteiger partial charge in [-0.2, -0.15) is 0 Å². The maximum atomic E-state index is 12.5. The number of aryl methyl sites for hydroxylation is 1. The molecule has 0 aromatic heterocycles. The molecule has 2 N–H and O–H groups in total. The van der Waals surface area contributed by atoms with Gasteiger partial charge in [0.05, 0.1) is 13.2 Å². The van der Waals surface area contributed by atoms with Crippen LogP contribution in [0.2, 0.25) is 0 Å². The van der Waals surface area contributed by atoms with Crippen LogP contribution in [0.25, 0.3) is 0 Å². The largest absolute Gasteiger partial charge is 0.383 e. The van der Waals surface area contributed by atoms with Crippen LogP contribution >= 0.6 is 0 Å². The lowest BCUT2D eigenvalue weighted by Crippen LogP contribution is -2.64. The molecule has 2 aliphatic rings. The van der Waals surface area contributed by atoms with Crippen LogP contribution in [0.1, 0.15) is 11.1 Å². The van der Waals surface area contributed by atoms with Gasteiger partial charge in [0.1, 0.15) is 6.17 Å². The molecule has 8 heteroatoms. The number of benzene rings is 1. The van der Waals surface area contributed by atoms with Gasteiger partial charge < -0.3 is 19.9 Å². The Morgan fingerprint density at radius 2 is 2.12 bits per heavy atom. The van der Waals surface area contributed by atoms with E-state index >= 15 is 0 Å². The smallest absolute Gasteiger partial charge is 0.325 e. The molecule has 0 bridgehead atoms. The molecule has 2 heterocycles. The second kappa shape index (κ2) is 7.10. The quantitative estimate of drug-likeness (QED) is 0.749. The van der Waals surface area contributed by atoms with Gasteiger partial charge in [-0.3, -0.25) is 15.1 Å². The van der Waals surface area contributed by atoms with E-state index in [2.05, 4.69) is 21.7 Å². The zero-order valence-corrected chi connectivity index (χ0v) is 14.7. The summed E-state index contributed by atoms with van der Waals surface area (Å²) in [6, 6.07) is 7.18. The first kappa shape index (κ1) is 17.2. The van der Waals surface area contributed by atoms with Crippen molar-refractivity contribution in [1.82, 2.24) is 20.4 Å². The lowest BCUT2D eigenvalue weighted by molar-refractivity contribution is -0.127. The second-order valence-corrected chi connectivity index (χ2v) is 6.25. The first-order chi connectivity index (χ1) is 12.0. The molecule has 3 amide bonds. The molecular formula is C17H23N5O3. The molecule has 2 aliphatic heterocycles. The number of ether oxygens (including phenoxy) is 1. The molecule has 2 atom stereocenters. The molecule has 0 spiro atoms. The molecule has 134 valence electrons. The van der Waals surface area contributed by atoms with Crippen LogP contribution in [0.3, 0.4) is 0 Å². The van der Waals surface area contributed by atoms with Crippen molar-refractivity contribution in [3.8, 4) is 0 Å². The monoisotopic (exact) mass is 345 g/mol. The molecule has 1 aromatic rings. The van der Waals surface area contributed by atoms with Gasteiger partial charge in [-0.15, -0.1) is 0 Å². The average molecular weight is 345 g/mol. The van der Waals surface area contributed by atoms with Gasteiger partial charge in [-0.25, -0.2) is 4.79 Å². The Balaban J connectivity index is 1.90. The third-order valence-electron chi connectivity index (χ3n) is 4.41. The topological polar surface area (TPSA) is 86.3 Å². The summed E-state index contributed by atoms with van der Waals surface area (Å²) in [4.78, 5) is 32.3. The molecular weight excluding hydrogens is 322 g/mol. The number of carbonyl (C=O) groups is 2. The normalized spacial score (nSPS) is 24.4. The minimum absolute atomic E-state index is 0.315. The molecule has 1 aromatic carbocycles. The minimum Gasteiger partial charge on any atom is -0.383 e. The molecule has 0 saturated carbocycles. The number of imide groups is 1. The number of fused-ring (bicyclic) bond motifs is 1. The van der Waals surface area contributed by atoms with Gasteiger partial charge in [0.15, 0.2) is 12.0 Å². The fraction of sp³-hybridized carbons (Fsp3) is 0.471. The van der Waals surface area contributed by atoms with E-state index in [4.69, 9.17) is 4.74 Å². The number of amides is 3. The number of guanidine groups is 1. The van der Waals surface area contributed by atoms with Crippen molar-refractivity contribution in [3.63, 3.8) is 0 Å². The number of aliphatic imine (C=N–C) groups is 1. The minimum atomic E-state index is -0.524. The first-order valence-corrected chi connectivity index (χ1v) is 8.21. The highest BCUT2D eigenvalue weighted by atomic mass is 16.5. The SMILES string of the molecule is COCCN=C1NC2C(C(=O)NC(=O)N2C)N1Cc1cccc(C)c1. The van der Waals surface area contributed by atoms with Crippen molar-refractivity contribution in [2.45, 2.75) is 25.7 Å². The van der Waals surface area contributed by atoms with Crippen LogP contribution in [-0.2, 0) is 16.1 Å². The Hall–Kier alpha value is -2.61. The Morgan fingerprint density at radius 1 is 1.32 bits per heavy atom.